The molecule has 0 bridgehead atoms. The maximum Gasteiger partial charge on any atom is 0.255 e. The van der Waals surface area contributed by atoms with Crippen LogP contribution in [0.25, 0.3) is 0 Å². The fourth-order valence-electron chi connectivity index (χ4n) is 5.98. The highest BCUT2D eigenvalue weighted by Gasteiger charge is 2.67. The number of nitrogen functional groups attached to an aromatic ring is 1. The molecule has 5 unspecified atom stereocenters. The van der Waals surface area contributed by atoms with Gasteiger partial charge < -0.3 is 41.9 Å². The number of hydrogen-bond donors (Lipinski definition) is 7. The number of nitrogens with two attached hydrogens (primary N) is 2. The van der Waals surface area contributed by atoms with Gasteiger partial charge in [0, 0.05) is 38.0 Å². The van der Waals surface area contributed by atoms with E-state index in [0.717, 1.165) is 0 Å². The lowest BCUT2D eigenvalue weighted by Gasteiger charge is -2.56. The van der Waals surface area contributed by atoms with Crippen molar-refractivity contribution < 1.29 is 39.9 Å². The minimum atomic E-state index is -2.67. The molecule has 1 aromatic rings. The number of aromatic hydroxyl groups is 1. The maximum atomic E-state index is 13.6. The summed E-state index contributed by atoms with van der Waals surface area (Å²) in [6, 6.07) is 1.50. The molecular weight excluding hydrogens is 434 g/mol. The van der Waals surface area contributed by atoms with Crippen molar-refractivity contribution in [3.05, 3.63) is 28.5 Å². The van der Waals surface area contributed by atoms with Gasteiger partial charge in [0.2, 0.25) is 0 Å². The highest BCUT2D eigenvalue weighted by molar-refractivity contribution is 6.20. The third kappa shape index (κ3) is 2.76. The lowest BCUT2D eigenvalue weighted by atomic mass is 9.51. The zero-order valence-corrected chi connectivity index (χ0v) is 18.3. The lowest BCUT2D eigenvalue weighted by molar-refractivity contribution is -0.209. The van der Waals surface area contributed by atoms with Crippen molar-refractivity contribution in [2.75, 3.05) is 24.7 Å². The third-order valence-electron chi connectivity index (χ3n) is 7.54. The minimum absolute atomic E-state index is 0.0686. The van der Waals surface area contributed by atoms with E-state index >= 15 is 0 Å². The first-order valence-corrected chi connectivity index (χ1v) is 10.5. The van der Waals surface area contributed by atoms with E-state index in [-0.39, 0.29) is 11.3 Å². The van der Waals surface area contributed by atoms with Crippen LogP contribution in [-0.4, -0.2) is 74.9 Å². The maximum absolute atomic E-state index is 13.6. The number of ketones is 2. The number of nitrogens with zero attached hydrogens (tertiary/aromatic N) is 1. The van der Waals surface area contributed by atoms with Gasteiger partial charge in [-0.25, -0.2) is 0 Å². The summed E-state index contributed by atoms with van der Waals surface area (Å²) in [4.78, 5) is 39.5. The van der Waals surface area contributed by atoms with Crippen molar-refractivity contribution in [1.82, 2.24) is 0 Å². The van der Waals surface area contributed by atoms with Gasteiger partial charge in [0.1, 0.15) is 23.2 Å². The molecule has 0 saturated heterocycles. The topological polar surface area (TPSA) is 208 Å². The van der Waals surface area contributed by atoms with E-state index in [9.17, 15) is 39.9 Å². The molecule has 33 heavy (non-hydrogen) atoms. The number of aliphatic hydroxyl groups is 4. The molecule has 1 aromatic carbocycles. The first kappa shape index (κ1) is 23.0. The molecule has 0 heterocycles. The van der Waals surface area contributed by atoms with Crippen LogP contribution in [0, 0.1) is 17.8 Å². The SMILES string of the molecule is C[C@@H]1c2c(N(C)C)cc(N)c(O)c2C(=O)C2C1[C@@H](O)C1CC(=O)C(C(N)=O)=C(O)C1(O)C2O. The average Bonchev–Trinajstić information content (AvgIpc) is 2.72. The van der Waals surface area contributed by atoms with Crippen molar-refractivity contribution in [2.24, 2.45) is 23.5 Å². The third-order valence-corrected chi connectivity index (χ3v) is 7.54. The Kier molecular flexibility index (Phi) is 5.00. The van der Waals surface area contributed by atoms with Gasteiger partial charge in [-0.3, -0.25) is 14.4 Å². The Morgan fingerprint density at radius 1 is 1.21 bits per heavy atom. The summed E-state index contributed by atoms with van der Waals surface area (Å²) in [5, 5.41) is 55.2. The predicted octanol–water partition coefficient (Wildman–Crippen LogP) is -1.07. The number of primary amides is 1. The van der Waals surface area contributed by atoms with Gasteiger partial charge in [-0.15, -0.1) is 0 Å². The molecule has 178 valence electrons. The molecule has 11 heteroatoms. The summed E-state index contributed by atoms with van der Waals surface area (Å²) in [5.41, 5.74) is 8.27. The summed E-state index contributed by atoms with van der Waals surface area (Å²) in [7, 11) is 3.43. The first-order chi connectivity index (χ1) is 15.3. The van der Waals surface area contributed by atoms with Crippen LogP contribution in [0.1, 0.15) is 35.2 Å². The second-order valence-electron chi connectivity index (χ2n) is 9.36. The Morgan fingerprint density at radius 2 is 1.82 bits per heavy atom. The molecule has 1 fully saturated rings. The molecule has 0 aliphatic heterocycles. The van der Waals surface area contributed by atoms with Gasteiger partial charge in [0.25, 0.3) is 5.91 Å². The van der Waals surface area contributed by atoms with Crippen molar-refractivity contribution in [3.63, 3.8) is 0 Å². The first-order valence-electron chi connectivity index (χ1n) is 10.5. The summed E-state index contributed by atoms with van der Waals surface area (Å²) in [5.74, 6) is -9.09. The molecular formula is C22H27N3O8. The number of amides is 1. The van der Waals surface area contributed by atoms with Crippen LogP contribution in [0.3, 0.4) is 0 Å². The number of phenolic OH excluding ortho intramolecular Hbond substituents is 1. The van der Waals surface area contributed by atoms with Crippen LogP contribution < -0.4 is 16.4 Å². The summed E-state index contributed by atoms with van der Waals surface area (Å²) in [6.07, 6.45) is -4.10. The standard InChI is InChI=1S/C22H27N3O8/c1-6-11-9(25(2)3)5-8(23)17(28)14(11)18(29)15-12(6)16(27)7-4-10(26)13(21(24)32)19(30)22(7,33)20(15)31/h5-7,12,15-16,20,27-28,30-31,33H,4,23H2,1-3H3,(H2,24,32)/t6-,7?,12?,15?,16+,20?,22?/m1/s1. The number of phenols is 1. The van der Waals surface area contributed by atoms with E-state index in [4.69, 9.17) is 11.5 Å². The minimum Gasteiger partial charge on any atom is -0.508 e. The molecule has 1 amide bonds. The molecule has 11 nitrogen and oxygen atoms in total. The Labute approximate surface area is 188 Å². The van der Waals surface area contributed by atoms with Crippen LogP contribution in [0.2, 0.25) is 0 Å². The zero-order chi connectivity index (χ0) is 24.7. The molecule has 7 atom stereocenters. The second-order valence-corrected chi connectivity index (χ2v) is 9.36. The monoisotopic (exact) mass is 461 g/mol. The molecule has 3 aliphatic carbocycles. The van der Waals surface area contributed by atoms with E-state index in [2.05, 4.69) is 0 Å². The Morgan fingerprint density at radius 3 is 2.36 bits per heavy atom. The summed E-state index contributed by atoms with van der Waals surface area (Å²) in [6.45, 7) is 1.70. The number of carbonyl (C=O) groups is 3. The molecule has 9 N–H and O–H groups in total. The van der Waals surface area contributed by atoms with Crippen LogP contribution in [0.5, 0.6) is 5.75 Å². The predicted molar refractivity (Wildman–Crippen MR) is 115 cm³/mol. The molecule has 1 saturated carbocycles. The number of hydrogen-bond acceptors (Lipinski definition) is 10. The molecule has 0 radical (unpaired) electrons. The molecule has 4 rings (SSSR count). The van der Waals surface area contributed by atoms with E-state index in [1.807, 2.05) is 0 Å². The lowest BCUT2D eigenvalue weighted by Crippen LogP contribution is -2.69. The van der Waals surface area contributed by atoms with Gasteiger partial charge in [0.15, 0.2) is 17.2 Å². The van der Waals surface area contributed by atoms with Gasteiger partial charge in [-0.05, 0) is 17.5 Å². The summed E-state index contributed by atoms with van der Waals surface area (Å²) >= 11 is 0. The second kappa shape index (κ2) is 7.17. The van der Waals surface area contributed by atoms with E-state index in [0.29, 0.717) is 11.3 Å². The highest BCUT2D eigenvalue weighted by atomic mass is 16.4. The van der Waals surface area contributed by atoms with Gasteiger partial charge in [-0.2, -0.15) is 0 Å². The van der Waals surface area contributed by atoms with E-state index in [1.54, 1.807) is 25.9 Å². The van der Waals surface area contributed by atoms with Crippen molar-refractivity contribution >= 4 is 28.8 Å². The Balaban J connectivity index is 1.98. The van der Waals surface area contributed by atoms with Gasteiger partial charge in [-0.1, -0.05) is 6.92 Å². The van der Waals surface area contributed by atoms with Crippen molar-refractivity contribution in [3.8, 4) is 5.75 Å². The van der Waals surface area contributed by atoms with Crippen molar-refractivity contribution in [2.45, 2.75) is 37.1 Å². The molecule has 3 aliphatic rings. The Bertz CT molecular complexity index is 1130. The van der Waals surface area contributed by atoms with Crippen LogP contribution in [-0.2, 0) is 9.59 Å². The fourth-order valence-corrected chi connectivity index (χ4v) is 5.98. The largest absolute Gasteiger partial charge is 0.508 e. The van der Waals surface area contributed by atoms with Gasteiger partial charge in [0.05, 0.1) is 23.3 Å². The zero-order valence-electron chi connectivity index (χ0n) is 18.3. The highest BCUT2D eigenvalue weighted by Crippen LogP contribution is 2.58. The smallest absolute Gasteiger partial charge is 0.255 e. The van der Waals surface area contributed by atoms with Crippen LogP contribution in [0.4, 0.5) is 11.4 Å². The number of carbonyl (C=O) groups excluding carboxylic acids is 3. The molecule has 0 spiro atoms. The number of rotatable bonds is 2. The number of Topliss-reactive ketones (excluding diaryl/α,β-unsaturated/α-hetero) is 2. The Hall–Kier alpha value is -3.15. The summed E-state index contributed by atoms with van der Waals surface area (Å²) < 4.78 is 0. The number of benzene rings is 1. The van der Waals surface area contributed by atoms with Gasteiger partial charge >= 0.3 is 0 Å². The van der Waals surface area contributed by atoms with Crippen LogP contribution >= 0.6 is 0 Å². The van der Waals surface area contributed by atoms with E-state index in [1.165, 1.54) is 6.07 Å². The molecule has 0 aromatic heterocycles. The van der Waals surface area contributed by atoms with E-state index < -0.39 is 82.5 Å². The number of anilines is 2. The fraction of sp³-hybridized carbons (Fsp3) is 0.500. The average molecular weight is 461 g/mol. The number of aliphatic hydroxyl groups excluding tert-OH is 3. The normalized spacial score (nSPS) is 35.6. The number of fused-ring (bicyclic) bond motifs is 3. The quantitative estimate of drug-likeness (QED) is 0.161. The van der Waals surface area contributed by atoms with Crippen LogP contribution in [0.15, 0.2) is 17.4 Å². The van der Waals surface area contributed by atoms with Crippen molar-refractivity contribution in [1.29, 1.82) is 0 Å².